The zero-order valence-electron chi connectivity index (χ0n) is 17.3. The predicted octanol–water partition coefficient (Wildman–Crippen LogP) is 2.93. The number of aryl methyl sites for hydroxylation is 1. The molecule has 0 saturated carbocycles. The van der Waals surface area contributed by atoms with Crippen molar-refractivity contribution in [1.82, 2.24) is 9.62 Å². The molecule has 4 rings (SSSR count). The van der Waals surface area contributed by atoms with Crippen molar-refractivity contribution in [2.75, 3.05) is 26.3 Å². The van der Waals surface area contributed by atoms with Gasteiger partial charge in [-0.2, -0.15) is 4.31 Å². The maximum Gasteiger partial charge on any atom is 0.243 e. The molecule has 166 valence electrons. The number of nitrogens with zero attached hydrogens (tertiary/aromatic N) is 1. The fourth-order valence-corrected chi connectivity index (χ4v) is 5.84. The molecule has 2 heterocycles. The van der Waals surface area contributed by atoms with Crippen LogP contribution in [0.5, 0.6) is 11.5 Å². The Morgan fingerprint density at radius 1 is 1.19 bits per heavy atom. The Labute approximate surface area is 187 Å². The van der Waals surface area contributed by atoms with Gasteiger partial charge in [0.05, 0.1) is 9.92 Å². The summed E-state index contributed by atoms with van der Waals surface area (Å²) in [6.07, 6.45) is 1.70. The summed E-state index contributed by atoms with van der Waals surface area (Å²) in [4.78, 5) is 13.0. The molecule has 0 unspecified atom stereocenters. The van der Waals surface area contributed by atoms with Gasteiger partial charge < -0.3 is 14.8 Å². The number of sulfonamides is 1. The Hall–Kier alpha value is -2.29. The highest BCUT2D eigenvalue weighted by atomic mass is 35.5. The van der Waals surface area contributed by atoms with E-state index in [0.29, 0.717) is 62.1 Å². The van der Waals surface area contributed by atoms with Crippen molar-refractivity contribution in [2.24, 2.45) is 0 Å². The average Bonchev–Trinajstić information content (AvgIpc) is 3.25. The quantitative estimate of drug-likeness (QED) is 0.710. The molecular formula is C22H25ClN2O5S. The van der Waals surface area contributed by atoms with Gasteiger partial charge in [0, 0.05) is 13.1 Å². The van der Waals surface area contributed by atoms with E-state index in [-0.39, 0.29) is 10.8 Å². The normalized spacial score (nSPS) is 18.7. The second-order valence-corrected chi connectivity index (χ2v) is 10.0. The van der Waals surface area contributed by atoms with E-state index in [1.54, 1.807) is 30.3 Å². The van der Waals surface area contributed by atoms with E-state index in [9.17, 15) is 13.2 Å². The number of hydrogen-bond donors (Lipinski definition) is 1. The van der Waals surface area contributed by atoms with Gasteiger partial charge in [-0.1, -0.05) is 29.3 Å². The topological polar surface area (TPSA) is 84.9 Å². The van der Waals surface area contributed by atoms with E-state index < -0.39 is 16.1 Å². The largest absolute Gasteiger partial charge is 0.486 e. The van der Waals surface area contributed by atoms with Crippen molar-refractivity contribution in [3.8, 4) is 11.5 Å². The van der Waals surface area contributed by atoms with E-state index in [4.69, 9.17) is 21.1 Å². The first-order valence-corrected chi connectivity index (χ1v) is 12.1. The van der Waals surface area contributed by atoms with Gasteiger partial charge in [0.1, 0.15) is 19.3 Å². The first-order chi connectivity index (χ1) is 14.9. The minimum Gasteiger partial charge on any atom is -0.486 e. The molecule has 31 heavy (non-hydrogen) atoms. The van der Waals surface area contributed by atoms with Crippen molar-refractivity contribution in [3.63, 3.8) is 0 Å². The van der Waals surface area contributed by atoms with Gasteiger partial charge >= 0.3 is 0 Å². The number of hydrogen-bond acceptors (Lipinski definition) is 5. The number of fused-ring (bicyclic) bond motifs is 1. The minimum absolute atomic E-state index is 0.212. The highest BCUT2D eigenvalue weighted by Crippen LogP contribution is 2.38. The number of rotatable bonds is 6. The number of amides is 1. The van der Waals surface area contributed by atoms with Crippen LogP contribution in [0.2, 0.25) is 5.02 Å². The molecule has 1 fully saturated rings. The predicted molar refractivity (Wildman–Crippen MR) is 117 cm³/mol. The Bertz CT molecular complexity index is 1070. The van der Waals surface area contributed by atoms with Gasteiger partial charge in [-0.15, -0.1) is 0 Å². The summed E-state index contributed by atoms with van der Waals surface area (Å²) in [6, 6.07) is 9.65. The molecular weight excluding hydrogens is 440 g/mol. The van der Waals surface area contributed by atoms with E-state index in [1.807, 2.05) is 13.0 Å². The summed E-state index contributed by atoms with van der Waals surface area (Å²) in [5, 5.41) is 3.35. The molecule has 2 aromatic carbocycles. The molecule has 1 amide bonds. The summed E-state index contributed by atoms with van der Waals surface area (Å²) >= 11 is 6.26. The smallest absolute Gasteiger partial charge is 0.243 e. The lowest BCUT2D eigenvalue weighted by atomic mass is 10.1. The van der Waals surface area contributed by atoms with E-state index >= 15 is 0 Å². The fourth-order valence-electron chi connectivity index (χ4n) is 3.89. The number of ether oxygens (including phenoxy) is 2. The first kappa shape index (κ1) is 21.9. The molecule has 1 atom stereocenters. The van der Waals surface area contributed by atoms with Gasteiger partial charge in [-0.3, -0.25) is 4.79 Å². The van der Waals surface area contributed by atoms with Crippen molar-refractivity contribution < 1.29 is 22.7 Å². The molecule has 2 aliphatic heterocycles. The Kier molecular flexibility index (Phi) is 6.41. The van der Waals surface area contributed by atoms with Gasteiger partial charge in [-0.25, -0.2) is 8.42 Å². The average molecular weight is 465 g/mol. The van der Waals surface area contributed by atoms with Crippen molar-refractivity contribution >= 4 is 27.5 Å². The monoisotopic (exact) mass is 464 g/mol. The standard InChI is InChI=1S/C22H25ClN2O5S/c1-15-4-6-17(7-5-15)31(27,28)25-10-2-3-19(25)22(26)24-9-8-16-13-18(23)21-20(14-16)29-11-12-30-21/h4-7,13-14,19H,2-3,8-12H2,1H3,(H,24,26)/t19-/m0/s1. The van der Waals surface area contributed by atoms with Crippen LogP contribution in [0, 0.1) is 6.92 Å². The van der Waals surface area contributed by atoms with E-state index in [1.165, 1.54) is 4.31 Å². The van der Waals surface area contributed by atoms with Gasteiger partial charge in [0.25, 0.3) is 0 Å². The first-order valence-electron chi connectivity index (χ1n) is 10.3. The Balaban J connectivity index is 1.39. The third kappa shape index (κ3) is 4.66. The molecule has 0 radical (unpaired) electrons. The van der Waals surface area contributed by atoms with Crippen LogP contribution in [0.15, 0.2) is 41.3 Å². The van der Waals surface area contributed by atoms with E-state index in [0.717, 1.165) is 11.1 Å². The van der Waals surface area contributed by atoms with Gasteiger partial charge in [-0.05, 0) is 56.0 Å². The maximum atomic E-state index is 13.0. The molecule has 0 aliphatic carbocycles. The van der Waals surface area contributed by atoms with Crippen LogP contribution in [-0.2, 0) is 21.2 Å². The lowest BCUT2D eigenvalue weighted by Crippen LogP contribution is -2.46. The van der Waals surface area contributed by atoms with Crippen LogP contribution < -0.4 is 14.8 Å². The summed E-state index contributed by atoms with van der Waals surface area (Å²) in [5.41, 5.74) is 1.89. The summed E-state index contributed by atoms with van der Waals surface area (Å²) < 4.78 is 38.5. The van der Waals surface area contributed by atoms with Crippen LogP contribution in [0.4, 0.5) is 0 Å². The van der Waals surface area contributed by atoms with Crippen LogP contribution in [0.3, 0.4) is 0 Å². The SMILES string of the molecule is Cc1ccc(S(=O)(=O)N2CCC[C@H]2C(=O)NCCc2cc(Cl)c3c(c2)OCCO3)cc1. The van der Waals surface area contributed by atoms with Crippen molar-refractivity contribution in [3.05, 3.63) is 52.5 Å². The van der Waals surface area contributed by atoms with Crippen molar-refractivity contribution in [1.29, 1.82) is 0 Å². The molecule has 1 saturated heterocycles. The van der Waals surface area contributed by atoms with Crippen molar-refractivity contribution in [2.45, 2.75) is 37.1 Å². The second kappa shape index (κ2) is 9.06. The van der Waals surface area contributed by atoms with Crippen LogP contribution >= 0.6 is 11.6 Å². The molecule has 1 N–H and O–H groups in total. The lowest BCUT2D eigenvalue weighted by molar-refractivity contribution is -0.124. The highest BCUT2D eigenvalue weighted by molar-refractivity contribution is 7.89. The number of nitrogens with one attached hydrogen (secondary N) is 1. The minimum atomic E-state index is -3.72. The molecule has 0 bridgehead atoms. The number of halogens is 1. The van der Waals surface area contributed by atoms with Crippen LogP contribution in [0.25, 0.3) is 0 Å². The molecule has 7 nitrogen and oxygen atoms in total. The molecule has 2 aliphatic rings. The number of benzene rings is 2. The third-order valence-electron chi connectivity index (χ3n) is 5.50. The summed E-state index contributed by atoms with van der Waals surface area (Å²) in [5.74, 6) is 0.867. The third-order valence-corrected chi connectivity index (χ3v) is 7.71. The maximum absolute atomic E-state index is 13.0. The lowest BCUT2D eigenvalue weighted by Gasteiger charge is -2.23. The van der Waals surface area contributed by atoms with Gasteiger partial charge in [0.2, 0.25) is 15.9 Å². The van der Waals surface area contributed by atoms with Crippen LogP contribution in [0.1, 0.15) is 24.0 Å². The van der Waals surface area contributed by atoms with Crippen LogP contribution in [-0.4, -0.2) is 51.0 Å². The fraction of sp³-hybridized carbons (Fsp3) is 0.409. The number of carbonyl (C=O) groups is 1. The molecule has 0 aromatic heterocycles. The summed E-state index contributed by atoms with van der Waals surface area (Å²) in [6.45, 7) is 3.54. The zero-order valence-corrected chi connectivity index (χ0v) is 18.8. The second-order valence-electron chi connectivity index (χ2n) is 7.73. The molecule has 0 spiro atoms. The Morgan fingerprint density at radius 2 is 1.94 bits per heavy atom. The van der Waals surface area contributed by atoms with E-state index in [2.05, 4.69) is 5.32 Å². The highest BCUT2D eigenvalue weighted by Gasteiger charge is 2.39. The Morgan fingerprint density at radius 3 is 2.71 bits per heavy atom. The van der Waals surface area contributed by atoms with Gasteiger partial charge in [0.15, 0.2) is 11.5 Å². The summed E-state index contributed by atoms with van der Waals surface area (Å²) in [7, 11) is -3.72. The molecule has 2 aromatic rings. The zero-order chi connectivity index (χ0) is 22.0. The molecule has 9 heteroatoms. The number of carbonyl (C=O) groups excluding carboxylic acids is 1.